The van der Waals surface area contributed by atoms with E-state index in [1.165, 1.54) is 17.0 Å². The lowest BCUT2D eigenvalue weighted by Crippen LogP contribution is -2.35. The van der Waals surface area contributed by atoms with Gasteiger partial charge in [0.25, 0.3) is 0 Å². The van der Waals surface area contributed by atoms with Gasteiger partial charge in [-0.2, -0.15) is 0 Å². The number of nitrogens with zero attached hydrogens (tertiary/aromatic N) is 2. The Labute approximate surface area is 156 Å². The minimum Gasteiger partial charge on any atom is -0.351 e. The Bertz CT molecular complexity index is 961. The number of benzene rings is 2. The van der Waals surface area contributed by atoms with Crippen molar-refractivity contribution in [2.45, 2.75) is 13.5 Å². The van der Waals surface area contributed by atoms with Gasteiger partial charge in [0, 0.05) is 10.6 Å². The van der Waals surface area contributed by atoms with Crippen LogP contribution in [0.25, 0.3) is 11.3 Å². The van der Waals surface area contributed by atoms with Crippen LogP contribution in [0.5, 0.6) is 0 Å². The molecular weight excluding hydrogens is 353 g/mol. The number of aryl methyl sites for hydroxylation is 1. The lowest BCUT2D eigenvalue weighted by atomic mass is 10.1. The number of aromatic nitrogens is 1. The maximum atomic E-state index is 13.4. The van der Waals surface area contributed by atoms with E-state index in [2.05, 4.69) is 4.98 Å². The first-order valence-corrected chi connectivity index (χ1v) is 8.37. The zero-order valence-electron chi connectivity index (χ0n) is 14.1. The molecule has 0 bridgehead atoms. The molecule has 3 rings (SSSR count). The summed E-state index contributed by atoms with van der Waals surface area (Å²) in [5.74, 6) is 0.0959. The lowest BCUT2D eigenvalue weighted by molar-refractivity contribution is 0.253. The molecule has 26 heavy (non-hydrogen) atoms. The number of pyridine rings is 1. The summed E-state index contributed by atoms with van der Waals surface area (Å²) in [5.41, 5.74) is 8.49. The van der Waals surface area contributed by atoms with E-state index in [4.69, 9.17) is 17.3 Å². The third kappa shape index (κ3) is 3.83. The fourth-order valence-electron chi connectivity index (χ4n) is 2.71. The van der Waals surface area contributed by atoms with Gasteiger partial charge < -0.3 is 5.73 Å². The van der Waals surface area contributed by atoms with E-state index in [9.17, 15) is 9.18 Å². The van der Waals surface area contributed by atoms with Gasteiger partial charge in [-0.3, -0.25) is 4.90 Å². The van der Waals surface area contributed by atoms with Crippen LogP contribution in [0.4, 0.5) is 15.0 Å². The van der Waals surface area contributed by atoms with Gasteiger partial charge >= 0.3 is 6.03 Å². The first-order chi connectivity index (χ1) is 12.5. The fourth-order valence-corrected chi connectivity index (χ4v) is 2.90. The molecular formula is C20H17ClFN3O. The lowest BCUT2D eigenvalue weighted by Gasteiger charge is -2.21. The summed E-state index contributed by atoms with van der Waals surface area (Å²) in [4.78, 5) is 17.9. The van der Waals surface area contributed by atoms with Crippen molar-refractivity contribution in [3.8, 4) is 11.3 Å². The van der Waals surface area contributed by atoms with Crippen molar-refractivity contribution in [3.05, 3.63) is 82.6 Å². The second-order valence-corrected chi connectivity index (χ2v) is 6.26. The average Bonchev–Trinajstić information content (AvgIpc) is 2.61. The summed E-state index contributed by atoms with van der Waals surface area (Å²) in [5, 5.41) is 0.546. The van der Waals surface area contributed by atoms with Gasteiger partial charge in [0.05, 0.1) is 12.2 Å². The molecule has 0 spiro atoms. The SMILES string of the molecule is Cc1cc(F)ccc1-c1cccc(N(Cc2ccccc2Cl)C(N)=O)n1. The Hall–Kier alpha value is -2.92. The Morgan fingerprint density at radius 1 is 1.15 bits per heavy atom. The molecule has 0 fully saturated rings. The van der Waals surface area contributed by atoms with E-state index < -0.39 is 6.03 Å². The van der Waals surface area contributed by atoms with Gasteiger partial charge in [-0.15, -0.1) is 0 Å². The number of nitrogens with two attached hydrogens (primary N) is 1. The molecule has 0 aliphatic rings. The fraction of sp³-hybridized carbons (Fsp3) is 0.100. The van der Waals surface area contributed by atoms with Crippen LogP contribution in [-0.4, -0.2) is 11.0 Å². The number of carbonyl (C=O) groups is 1. The predicted octanol–water partition coefficient (Wildman–Crippen LogP) is 4.93. The quantitative estimate of drug-likeness (QED) is 0.708. The minimum absolute atomic E-state index is 0.202. The summed E-state index contributed by atoms with van der Waals surface area (Å²) < 4.78 is 13.4. The van der Waals surface area contributed by atoms with Crippen LogP contribution in [0, 0.1) is 12.7 Å². The molecule has 0 aliphatic carbocycles. The molecule has 0 saturated heterocycles. The first kappa shape index (κ1) is 17.9. The smallest absolute Gasteiger partial charge is 0.320 e. The van der Waals surface area contributed by atoms with E-state index in [1.54, 1.807) is 30.3 Å². The topological polar surface area (TPSA) is 59.2 Å². The van der Waals surface area contributed by atoms with Crippen molar-refractivity contribution in [1.82, 2.24) is 4.98 Å². The number of hydrogen-bond acceptors (Lipinski definition) is 2. The van der Waals surface area contributed by atoms with E-state index >= 15 is 0 Å². The highest BCUT2D eigenvalue weighted by molar-refractivity contribution is 6.31. The molecule has 2 amide bonds. The minimum atomic E-state index is -0.634. The van der Waals surface area contributed by atoms with Crippen molar-refractivity contribution >= 4 is 23.4 Å². The van der Waals surface area contributed by atoms with Gasteiger partial charge in [0.1, 0.15) is 11.6 Å². The van der Waals surface area contributed by atoms with Crippen LogP contribution in [-0.2, 0) is 6.54 Å². The summed E-state index contributed by atoms with van der Waals surface area (Å²) in [7, 11) is 0. The van der Waals surface area contributed by atoms with E-state index in [1.807, 2.05) is 25.1 Å². The molecule has 0 unspecified atom stereocenters. The monoisotopic (exact) mass is 369 g/mol. The Kier molecular flexibility index (Phi) is 5.19. The maximum absolute atomic E-state index is 13.4. The number of anilines is 1. The third-order valence-electron chi connectivity index (χ3n) is 4.03. The molecule has 0 atom stereocenters. The molecule has 0 radical (unpaired) electrons. The molecule has 0 aliphatic heterocycles. The van der Waals surface area contributed by atoms with Gasteiger partial charge in [-0.1, -0.05) is 35.9 Å². The van der Waals surface area contributed by atoms with Crippen LogP contribution in [0.1, 0.15) is 11.1 Å². The number of urea groups is 1. The van der Waals surface area contributed by atoms with Crippen molar-refractivity contribution in [1.29, 1.82) is 0 Å². The van der Waals surface area contributed by atoms with E-state index in [-0.39, 0.29) is 12.4 Å². The third-order valence-corrected chi connectivity index (χ3v) is 4.40. The maximum Gasteiger partial charge on any atom is 0.320 e. The molecule has 6 heteroatoms. The molecule has 1 aromatic heterocycles. The Morgan fingerprint density at radius 3 is 2.62 bits per heavy atom. The van der Waals surface area contributed by atoms with Crippen molar-refractivity contribution in [2.24, 2.45) is 5.73 Å². The number of hydrogen-bond donors (Lipinski definition) is 1. The van der Waals surface area contributed by atoms with Gasteiger partial charge in [-0.05, 0) is 54.4 Å². The van der Waals surface area contributed by atoms with E-state index in [0.717, 1.165) is 16.7 Å². The zero-order valence-corrected chi connectivity index (χ0v) is 14.9. The summed E-state index contributed by atoms with van der Waals surface area (Å²) >= 11 is 6.19. The van der Waals surface area contributed by atoms with Crippen LogP contribution in [0.3, 0.4) is 0 Å². The number of rotatable bonds is 4. The van der Waals surface area contributed by atoms with Crippen molar-refractivity contribution in [3.63, 3.8) is 0 Å². The first-order valence-electron chi connectivity index (χ1n) is 7.99. The highest BCUT2D eigenvalue weighted by Crippen LogP contribution is 2.26. The summed E-state index contributed by atoms with van der Waals surface area (Å²) in [6.45, 7) is 2.01. The van der Waals surface area contributed by atoms with Crippen LogP contribution < -0.4 is 10.6 Å². The number of primary amides is 1. The molecule has 4 nitrogen and oxygen atoms in total. The summed E-state index contributed by atoms with van der Waals surface area (Å²) in [6.07, 6.45) is 0. The van der Waals surface area contributed by atoms with Gasteiger partial charge in [-0.25, -0.2) is 14.2 Å². The standard InChI is InChI=1S/C20H17ClFN3O/c1-13-11-15(22)9-10-16(13)18-7-4-8-19(24-18)25(20(23)26)12-14-5-2-3-6-17(14)21/h2-11H,12H2,1H3,(H2,23,26). The second-order valence-electron chi connectivity index (χ2n) is 5.86. The van der Waals surface area contributed by atoms with Crippen LogP contribution >= 0.6 is 11.6 Å². The molecule has 1 heterocycles. The van der Waals surface area contributed by atoms with Crippen LogP contribution in [0.2, 0.25) is 5.02 Å². The number of amides is 2. The number of carbonyl (C=O) groups excluding carboxylic acids is 1. The van der Waals surface area contributed by atoms with Crippen molar-refractivity contribution < 1.29 is 9.18 Å². The zero-order chi connectivity index (χ0) is 18.7. The molecule has 0 saturated carbocycles. The van der Waals surface area contributed by atoms with Gasteiger partial charge in [0.15, 0.2) is 0 Å². The molecule has 2 N–H and O–H groups in total. The highest BCUT2D eigenvalue weighted by atomic mass is 35.5. The molecule has 3 aromatic rings. The molecule has 132 valence electrons. The van der Waals surface area contributed by atoms with Crippen molar-refractivity contribution in [2.75, 3.05) is 4.90 Å². The Morgan fingerprint density at radius 2 is 1.92 bits per heavy atom. The summed E-state index contributed by atoms with van der Waals surface area (Å²) in [6, 6.07) is 16.4. The average molecular weight is 370 g/mol. The van der Waals surface area contributed by atoms with E-state index in [0.29, 0.717) is 16.5 Å². The van der Waals surface area contributed by atoms with Gasteiger partial charge in [0.2, 0.25) is 0 Å². The largest absolute Gasteiger partial charge is 0.351 e. The normalized spacial score (nSPS) is 10.6. The predicted molar refractivity (Wildman–Crippen MR) is 102 cm³/mol. The second kappa shape index (κ2) is 7.54. The Balaban J connectivity index is 1.98. The molecule has 2 aromatic carbocycles. The van der Waals surface area contributed by atoms with Crippen LogP contribution in [0.15, 0.2) is 60.7 Å². The number of halogens is 2. The highest BCUT2D eigenvalue weighted by Gasteiger charge is 2.17.